The van der Waals surface area contributed by atoms with Gasteiger partial charge in [0.1, 0.15) is 6.04 Å². The molecule has 1 amide bonds. The van der Waals surface area contributed by atoms with E-state index in [9.17, 15) is 14.4 Å². The van der Waals surface area contributed by atoms with Gasteiger partial charge in [-0.25, -0.2) is 4.79 Å². The topological polar surface area (TPSA) is 82.3 Å². The van der Waals surface area contributed by atoms with Gasteiger partial charge in [-0.2, -0.15) is 0 Å². The van der Waals surface area contributed by atoms with Crippen molar-refractivity contribution >= 4 is 28.4 Å². The van der Waals surface area contributed by atoms with Gasteiger partial charge in [0.2, 0.25) is 5.91 Å². The molecule has 7 nitrogen and oxygen atoms in total. The van der Waals surface area contributed by atoms with Crippen LogP contribution >= 0.6 is 11.6 Å². The zero-order valence-electron chi connectivity index (χ0n) is 16.2. The van der Waals surface area contributed by atoms with E-state index >= 15 is 0 Å². The maximum Gasteiger partial charge on any atom is 0.332 e. The molecule has 1 heterocycles. The van der Waals surface area contributed by atoms with Crippen molar-refractivity contribution in [2.45, 2.75) is 19.5 Å². The summed E-state index contributed by atoms with van der Waals surface area (Å²) in [6.07, 6.45) is 0. The molecule has 0 aliphatic heterocycles. The Morgan fingerprint density at radius 1 is 1.17 bits per heavy atom. The molecule has 2 aromatic carbocycles. The van der Waals surface area contributed by atoms with Crippen LogP contribution in [-0.2, 0) is 16.1 Å². The number of aromatic nitrogens is 2. The summed E-state index contributed by atoms with van der Waals surface area (Å²) in [5, 5.41) is 3.42. The van der Waals surface area contributed by atoms with Crippen LogP contribution in [-0.4, -0.2) is 35.3 Å². The molecular formula is C21H22ClN3O4. The summed E-state index contributed by atoms with van der Waals surface area (Å²) in [5.41, 5.74) is 0.145. The molecule has 0 fully saturated rings. The Labute approximate surface area is 172 Å². The Hall–Kier alpha value is -2.90. The molecule has 152 valence electrons. The lowest BCUT2D eigenvalue weighted by Gasteiger charge is -2.20. The van der Waals surface area contributed by atoms with Gasteiger partial charge in [0.25, 0.3) is 5.56 Å². The Bertz CT molecular complexity index is 1140. The van der Waals surface area contributed by atoms with E-state index in [2.05, 4.69) is 5.32 Å². The number of hydrogen-bond donors (Lipinski definition) is 1. The molecule has 3 aromatic rings. The molecule has 3 rings (SSSR count). The summed E-state index contributed by atoms with van der Waals surface area (Å²) >= 11 is 6.11. The van der Waals surface area contributed by atoms with Gasteiger partial charge >= 0.3 is 5.69 Å². The molecule has 0 aliphatic rings. The van der Waals surface area contributed by atoms with Gasteiger partial charge in [0.15, 0.2) is 0 Å². The molecular weight excluding hydrogens is 394 g/mol. The molecule has 1 atom stereocenters. The molecule has 0 saturated carbocycles. The molecule has 29 heavy (non-hydrogen) atoms. The molecule has 0 unspecified atom stereocenters. The highest BCUT2D eigenvalue weighted by molar-refractivity contribution is 6.31. The third-order valence-electron chi connectivity index (χ3n) is 4.69. The standard InChI is InChI=1S/C21H22ClN3O4/c1-14(19(26)23-10-11-29-2)25-18-12-16(22)8-9-17(18)20(27)24(21(25)28)13-15-6-4-3-5-7-15/h3-9,12,14H,10-11,13H2,1-2H3,(H,23,26)/t14-/m0/s1. The fourth-order valence-electron chi connectivity index (χ4n) is 3.17. The Kier molecular flexibility index (Phi) is 6.51. The normalized spacial score (nSPS) is 12.1. The maximum absolute atomic E-state index is 13.3. The predicted octanol–water partition coefficient (Wildman–Crippen LogP) is 2.19. The first-order valence-electron chi connectivity index (χ1n) is 9.19. The Balaban J connectivity index is 2.16. The van der Waals surface area contributed by atoms with E-state index in [0.29, 0.717) is 29.1 Å². The largest absolute Gasteiger partial charge is 0.383 e. The van der Waals surface area contributed by atoms with Crippen LogP contribution in [0.3, 0.4) is 0 Å². The van der Waals surface area contributed by atoms with Gasteiger partial charge in [0, 0.05) is 18.7 Å². The highest BCUT2D eigenvalue weighted by Gasteiger charge is 2.22. The van der Waals surface area contributed by atoms with E-state index in [1.54, 1.807) is 19.1 Å². The van der Waals surface area contributed by atoms with Crippen molar-refractivity contribution in [3.63, 3.8) is 0 Å². The fraction of sp³-hybridized carbons (Fsp3) is 0.286. The molecule has 0 bridgehead atoms. The van der Waals surface area contributed by atoms with E-state index in [1.165, 1.54) is 17.7 Å². The number of benzene rings is 2. The van der Waals surface area contributed by atoms with Crippen molar-refractivity contribution in [3.05, 3.63) is 80.0 Å². The first kappa shape index (κ1) is 20.8. The molecule has 1 aromatic heterocycles. The van der Waals surface area contributed by atoms with E-state index in [1.807, 2.05) is 30.3 Å². The van der Waals surface area contributed by atoms with Crippen LogP contribution in [0, 0.1) is 0 Å². The number of carbonyl (C=O) groups excluding carboxylic acids is 1. The van der Waals surface area contributed by atoms with Crippen LogP contribution < -0.4 is 16.6 Å². The van der Waals surface area contributed by atoms with E-state index < -0.39 is 17.3 Å². The van der Waals surface area contributed by atoms with Crippen molar-refractivity contribution in [1.82, 2.24) is 14.5 Å². The number of halogens is 1. The van der Waals surface area contributed by atoms with Gasteiger partial charge in [-0.3, -0.25) is 18.7 Å². The fourth-order valence-corrected chi connectivity index (χ4v) is 3.34. The molecule has 0 saturated heterocycles. The lowest BCUT2D eigenvalue weighted by molar-refractivity contribution is -0.124. The van der Waals surface area contributed by atoms with E-state index in [0.717, 1.165) is 10.1 Å². The van der Waals surface area contributed by atoms with Crippen LogP contribution in [0.1, 0.15) is 18.5 Å². The second-order valence-corrected chi connectivity index (χ2v) is 7.09. The second-order valence-electron chi connectivity index (χ2n) is 6.65. The molecule has 0 aliphatic carbocycles. The SMILES string of the molecule is COCCNC(=O)[C@H](C)n1c(=O)n(Cc2ccccc2)c(=O)c2ccc(Cl)cc21. The highest BCUT2D eigenvalue weighted by Crippen LogP contribution is 2.19. The number of nitrogens with one attached hydrogen (secondary N) is 1. The van der Waals surface area contributed by atoms with Gasteiger partial charge in [0.05, 0.1) is 24.1 Å². The van der Waals surface area contributed by atoms with Crippen molar-refractivity contribution in [1.29, 1.82) is 0 Å². The summed E-state index contributed by atoms with van der Waals surface area (Å²) in [7, 11) is 1.54. The average Bonchev–Trinajstić information content (AvgIpc) is 2.71. The first-order chi connectivity index (χ1) is 13.9. The molecule has 0 spiro atoms. The molecule has 0 radical (unpaired) electrons. The number of fused-ring (bicyclic) bond motifs is 1. The van der Waals surface area contributed by atoms with Crippen LogP contribution in [0.25, 0.3) is 10.9 Å². The maximum atomic E-state index is 13.3. The summed E-state index contributed by atoms with van der Waals surface area (Å²) in [6.45, 7) is 2.39. The number of ether oxygens (including phenoxy) is 1. The molecule has 1 N–H and O–H groups in total. The number of carbonyl (C=O) groups is 1. The average molecular weight is 416 g/mol. The van der Waals surface area contributed by atoms with Crippen LogP contribution in [0.4, 0.5) is 0 Å². The van der Waals surface area contributed by atoms with Crippen LogP contribution in [0.15, 0.2) is 58.1 Å². The summed E-state index contributed by atoms with van der Waals surface area (Å²) in [4.78, 5) is 38.9. The van der Waals surface area contributed by atoms with Crippen molar-refractivity contribution in [3.8, 4) is 0 Å². The summed E-state index contributed by atoms with van der Waals surface area (Å²) < 4.78 is 7.40. The predicted molar refractivity (Wildman–Crippen MR) is 113 cm³/mol. The number of rotatable bonds is 7. The second kappa shape index (κ2) is 9.07. The van der Waals surface area contributed by atoms with Crippen molar-refractivity contribution in [2.24, 2.45) is 0 Å². The van der Waals surface area contributed by atoms with Crippen molar-refractivity contribution < 1.29 is 9.53 Å². The number of hydrogen-bond acceptors (Lipinski definition) is 4. The third kappa shape index (κ3) is 4.41. The number of amides is 1. The van der Waals surface area contributed by atoms with E-state index in [-0.39, 0.29) is 12.5 Å². The van der Waals surface area contributed by atoms with Crippen LogP contribution in [0.2, 0.25) is 5.02 Å². The van der Waals surface area contributed by atoms with Crippen LogP contribution in [0.5, 0.6) is 0 Å². The van der Waals surface area contributed by atoms with Gasteiger partial charge in [-0.15, -0.1) is 0 Å². The first-order valence-corrected chi connectivity index (χ1v) is 9.57. The lowest BCUT2D eigenvalue weighted by Crippen LogP contribution is -2.44. The highest BCUT2D eigenvalue weighted by atomic mass is 35.5. The minimum Gasteiger partial charge on any atom is -0.383 e. The van der Waals surface area contributed by atoms with E-state index in [4.69, 9.17) is 16.3 Å². The zero-order chi connectivity index (χ0) is 21.0. The molecule has 8 heteroatoms. The minimum atomic E-state index is -0.844. The van der Waals surface area contributed by atoms with Gasteiger partial charge < -0.3 is 10.1 Å². The van der Waals surface area contributed by atoms with Gasteiger partial charge in [-0.1, -0.05) is 41.9 Å². The summed E-state index contributed by atoms with van der Waals surface area (Å²) in [5.74, 6) is -0.352. The monoisotopic (exact) mass is 415 g/mol. The Morgan fingerprint density at radius 3 is 2.59 bits per heavy atom. The number of methoxy groups -OCH3 is 1. The van der Waals surface area contributed by atoms with Crippen molar-refractivity contribution in [2.75, 3.05) is 20.3 Å². The summed E-state index contributed by atoms with van der Waals surface area (Å²) in [6, 6.07) is 13.1. The smallest absolute Gasteiger partial charge is 0.332 e. The Morgan fingerprint density at radius 2 is 1.90 bits per heavy atom. The number of nitrogens with zero attached hydrogens (tertiary/aromatic N) is 2. The quantitative estimate of drug-likeness (QED) is 0.600. The lowest BCUT2D eigenvalue weighted by atomic mass is 10.2. The zero-order valence-corrected chi connectivity index (χ0v) is 17.0. The minimum absolute atomic E-state index is 0.106. The van der Waals surface area contributed by atoms with Gasteiger partial charge in [-0.05, 0) is 30.7 Å². The third-order valence-corrected chi connectivity index (χ3v) is 4.92.